The number of halogens is 1. The number of thiophene rings is 1. The molecule has 0 saturated heterocycles. The number of aryl methyl sites for hydroxylation is 1. The SMILES string of the molecule is COc1ccc([C@@H](C)NCc2cc(Br)c(C)s2)cc1. The van der Waals surface area contributed by atoms with Crippen LogP contribution < -0.4 is 10.1 Å². The predicted molar refractivity (Wildman–Crippen MR) is 85.0 cm³/mol. The van der Waals surface area contributed by atoms with Crippen LogP contribution in [0.2, 0.25) is 0 Å². The Hall–Kier alpha value is -0.840. The molecule has 2 aromatic rings. The summed E-state index contributed by atoms with van der Waals surface area (Å²) in [6.45, 7) is 5.20. The molecule has 0 unspecified atom stereocenters. The molecule has 1 heterocycles. The Morgan fingerprint density at radius 2 is 2.00 bits per heavy atom. The fourth-order valence-electron chi connectivity index (χ4n) is 1.87. The molecule has 102 valence electrons. The summed E-state index contributed by atoms with van der Waals surface area (Å²) in [6, 6.07) is 10.7. The van der Waals surface area contributed by atoms with Crippen molar-refractivity contribution in [3.8, 4) is 5.75 Å². The van der Waals surface area contributed by atoms with E-state index in [1.54, 1.807) is 7.11 Å². The summed E-state index contributed by atoms with van der Waals surface area (Å²) in [6.07, 6.45) is 0. The number of methoxy groups -OCH3 is 1. The van der Waals surface area contributed by atoms with Crippen molar-refractivity contribution in [1.29, 1.82) is 0 Å². The fraction of sp³-hybridized carbons (Fsp3) is 0.333. The predicted octanol–water partition coefficient (Wildman–Crippen LogP) is 4.68. The Kier molecular flexibility index (Phi) is 5.02. The molecule has 2 rings (SSSR count). The van der Waals surface area contributed by atoms with Gasteiger partial charge < -0.3 is 10.1 Å². The number of nitrogens with one attached hydrogen (secondary N) is 1. The van der Waals surface area contributed by atoms with Crippen LogP contribution in [0, 0.1) is 6.92 Å². The Morgan fingerprint density at radius 3 is 2.53 bits per heavy atom. The van der Waals surface area contributed by atoms with Crippen LogP contribution in [0.25, 0.3) is 0 Å². The number of hydrogen-bond donors (Lipinski definition) is 1. The molecule has 19 heavy (non-hydrogen) atoms. The maximum atomic E-state index is 5.17. The van der Waals surface area contributed by atoms with Crippen molar-refractivity contribution in [2.24, 2.45) is 0 Å². The van der Waals surface area contributed by atoms with E-state index in [0.29, 0.717) is 6.04 Å². The van der Waals surface area contributed by atoms with Gasteiger partial charge in [0.2, 0.25) is 0 Å². The minimum atomic E-state index is 0.326. The first-order chi connectivity index (χ1) is 9.10. The highest BCUT2D eigenvalue weighted by Crippen LogP contribution is 2.26. The third-order valence-corrected chi connectivity index (χ3v) is 5.24. The van der Waals surface area contributed by atoms with Crippen molar-refractivity contribution >= 4 is 27.3 Å². The molecule has 1 aromatic heterocycles. The van der Waals surface area contributed by atoms with E-state index in [1.807, 2.05) is 23.5 Å². The normalized spacial score (nSPS) is 12.4. The van der Waals surface area contributed by atoms with Gasteiger partial charge in [0.25, 0.3) is 0 Å². The summed E-state index contributed by atoms with van der Waals surface area (Å²) in [5.41, 5.74) is 1.27. The van der Waals surface area contributed by atoms with Crippen LogP contribution in [0.1, 0.15) is 28.3 Å². The monoisotopic (exact) mass is 339 g/mol. The molecule has 0 amide bonds. The molecular weight excluding hydrogens is 322 g/mol. The number of hydrogen-bond acceptors (Lipinski definition) is 3. The summed E-state index contributed by atoms with van der Waals surface area (Å²) in [5, 5.41) is 3.54. The van der Waals surface area contributed by atoms with Crippen molar-refractivity contribution in [2.75, 3.05) is 7.11 Å². The second kappa shape index (κ2) is 6.55. The summed E-state index contributed by atoms with van der Waals surface area (Å²) in [5.74, 6) is 0.897. The summed E-state index contributed by atoms with van der Waals surface area (Å²) < 4.78 is 6.37. The third-order valence-electron chi connectivity index (χ3n) is 3.11. The lowest BCUT2D eigenvalue weighted by Gasteiger charge is -2.14. The van der Waals surface area contributed by atoms with Crippen LogP contribution in [0.3, 0.4) is 0 Å². The lowest BCUT2D eigenvalue weighted by molar-refractivity contribution is 0.414. The second-order valence-corrected chi connectivity index (χ2v) is 6.69. The fourth-order valence-corrected chi connectivity index (χ4v) is 3.42. The minimum Gasteiger partial charge on any atom is -0.497 e. The van der Waals surface area contributed by atoms with Gasteiger partial charge in [0, 0.05) is 26.8 Å². The van der Waals surface area contributed by atoms with Crippen LogP contribution in [-0.4, -0.2) is 7.11 Å². The molecule has 0 fully saturated rings. The Balaban J connectivity index is 1.94. The van der Waals surface area contributed by atoms with E-state index in [-0.39, 0.29) is 0 Å². The van der Waals surface area contributed by atoms with Crippen molar-refractivity contribution in [1.82, 2.24) is 5.32 Å². The summed E-state index contributed by atoms with van der Waals surface area (Å²) in [4.78, 5) is 2.68. The Labute approximate surface area is 126 Å². The first kappa shape index (κ1) is 14.6. The van der Waals surface area contributed by atoms with Crippen LogP contribution >= 0.6 is 27.3 Å². The lowest BCUT2D eigenvalue weighted by atomic mass is 10.1. The van der Waals surface area contributed by atoms with Gasteiger partial charge in [-0.1, -0.05) is 12.1 Å². The van der Waals surface area contributed by atoms with E-state index in [9.17, 15) is 0 Å². The zero-order valence-electron chi connectivity index (χ0n) is 11.4. The first-order valence-corrected chi connectivity index (χ1v) is 7.83. The van der Waals surface area contributed by atoms with Crippen molar-refractivity contribution in [3.05, 3.63) is 50.1 Å². The van der Waals surface area contributed by atoms with E-state index in [1.165, 1.54) is 19.8 Å². The van der Waals surface area contributed by atoms with Gasteiger partial charge in [-0.25, -0.2) is 0 Å². The second-order valence-electron chi connectivity index (χ2n) is 4.49. The highest BCUT2D eigenvalue weighted by Gasteiger charge is 2.07. The third kappa shape index (κ3) is 3.81. The van der Waals surface area contributed by atoms with E-state index in [4.69, 9.17) is 4.74 Å². The van der Waals surface area contributed by atoms with Crippen molar-refractivity contribution < 1.29 is 4.74 Å². The molecule has 4 heteroatoms. The maximum absolute atomic E-state index is 5.17. The van der Waals surface area contributed by atoms with Crippen molar-refractivity contribution in [3.63, 3.8) is 0 Å². The zero-order chi connectivity index (χ0) is 13.8. The van der Waals surface area contributed by atoms with Gasteiger partial charge in [-0.05, 0) is 53.5 Å². The van der Waals surface area contributed by atoms with Crippen LogP contribution in [-0.2, 0) is 6.54 Å². The quantitative estimate of drug-likeness (QED) is 0.853. The molecule has 1 N–H and O–H groups in total. The lowest BCUT2D eigenvalue weighted by Crippen LogP contribution is -2.17. The molecule has 0 aliphatic rings. The van der Waals surface area contributed by atoms with Crippen LogP contribution in [0.4, 0.5) is 0 Å². The van der Waals surface area contributed by atoms with Crippen LogP contribution in [0.15, 0.2) is 34.8 Å². The Bertz CT molecular complexity index is 516. The summed E-state index contributed by atoms with van der Waals surface area (Å²) in [7, 11) is 1.69. The van der Waals surface area contributed by atoms with Gasteiger partial charge in [0.15, 0.2) is 0 Å². The standard InChI is InChI=1S/C15H18BrNOS/c1-10(12-4-6-13(18-3)7-5-12)17-9-14-8-15(16)11(2)19-14/h4-8,10,17H,9H2,1-3H3/t10-/m1/s1. The van der Waals surface area contributed by atoms with E-state index in [2.05, 4.69) is 53.3 Å². The average Bonchev–Trinajstić information content (AvgIpc) is 2.75. The van der Waals surface area contributed by atoms with Gasteiger partial charge in [-0.15, -0.1) is 11.3 Å². The van der Waals surface area contributed by atoms with Crippen LogP contribution in [0.5, 0.6) is 5.75 Å². The van der Waals surface area contributed by atoms with Crippen molar-refractivity contribution in [2.45, 2.75) is 26.4 Å². The van der Waals surface area contributed by atoms with E-state index in [0.717, 1.165) is 12.3 Å². The van der Waals surface area contributed by atoms with E-state index < -0.39 is 0 Å². The molecule has 0 bridgehead atoms. The zero-order valence-corrected chi connectivity index (χ0v) is 13.8. The van der Waals surface area contributed by atoms with Gasteiger partial charge in [-0.2, -0.15) is 0 Å². The largest absolute Gasteiger partial charge is 0.497 e. The van der Waals surface area contributed by atoms with Gasteiger partial charge in [0.05, 0.1) is 7.11 Å². The molecule has 1 atom stereocenters. The van der Waals surface area contributed by atoms with E-state index >= 15 is 0 Å². The van der Waals surface area contributed by atoms with Gasteiger partial charge in [-0.3, -0.25) is 0 Å². The molecular formula is C15H18BrNOS. The summed E-state index contributed by atoms with van der Waals surface area (Å²) >= 11 is 5.38. The smallest absolute Gasteiger partial charge is 0.118 e. The maximum Gasteiger partial charge on any atom is 0.118 e. The highest BCUT2D eigenvalue weighted by atomic mass is 79.9. The first-order valence-electron chi connectivity index (χ1n) is 6.22. The number of ether oxygens (including phenoxy) is 1. The molecule has 0 aliphatic heterocycles. The molecule has 1 aromatic carbocycles. The van der Waals surface area contributed by atoms with Gasteiger partial charge >= 0.3 is 0 Å². The molecule has 0 aliphatic carbocycles. The molecule has 0 radical (unpaired) electrons. The molecule has 2 nitrogen and oxygen atoms in total. The minimum absolute atomic E-state index is 0.326. The number of rotatable bonds is 5. The molecule has 0 spiro atoms. The highest BCUT2D eigenvalue weighted by molar-refractivity contribution is 9.10. The molecule has 0 saturated carbocycles. The topological polar surface area (TPSA) is 21.3 Å². The Morgan fingerprint density at radius 1 is 1.32 bits per heavy atom. The van der Waals surface area contributed by atoms with Gasteiger partial charge in [0.1, 0.15) is 5.75 Å². The number of benzene rings is 1. The average molecular weight is 340 g/mol.